The Kier molecular flexibility index (Phi) is 6.15. The van der Waals surface area contributed by atoms with Gasteiger partial charge in [-0.15, -0.1) is 15.8 Å². The number of rotatable bonds is 2. The number of aromatic nitrogens is 1. The SMILES string of the molecule is BrB1c2ccccc2C2(c3ccccc3B(c3ccc(-n4c5ccccc5c5ccccc54)cc3)C3C=CC=CC32)C2C=CC=CC12. The highest BCUT2D eigenvalue weighted by molar-refractivity contribution is 9.25. The van der Waals surface area contributed by atoms with Crippen molar-refractivity contribution in [2.24, 2.45) is 11.8 Å². The van der Waals surface area contributed by atoms with Crippen molar-refractivity contribution in [1.29, 1.82) is 0 Å². The first-order chi connectivity index (χ1) is 23.3. The minimum Gasteiger partial charge on any atom is -0.309 e. The van der Waals surface area contributed by atoms with Crippen molar-refractivity contribution in [2.45, 2.75) is 17.0 Å². The third kappa shape index (κ3) is 3.74. The van der Waals surface area contributed by atoms with Gasteiger partial charge in [-0.05, 0) is 58.9 Å². The third-order valence-corrected chi connectivity index (χ3v) is 12.8. The number of hydrogen-bond acceptors (Lipinski definition) is 0. The van der Waals surface area contributed by atoms with Crippen molar-refractivity contribution in [3.63, 3.8) is 0 Å². The number of hydrogen-bond donors (Lipinski definition) is 0. The van der Waals surface area contributed by atoms with Gasteiger partial charge in [-0.2, -0.15) is 0 Å². The lowest BCUT2D eigenvalue weighted by Gasteiger charge is -2.59. The Hall–Kier alpha value is -4.53. The van der Waals surface area contributed by atoms with Crippen molar-refractivity contribution in [3.8, 4) is 5.69 Å². The maximum atomic E-state index is 4.19. The number of halogens is 1. The number of nitrogens with zero attached hydrogens (tertiary/aromatic N) is 1. The lowest BCUT2D eigenvalue weighted by atomic mass is 9.23. The van der Waals surface area contributed by atoms with E-state index >= 15 is 0 Å². The molecule has 0 N–H and O–H groups in total. The smallest absolute Gasteiger partial charge is 0.262 e. The molecule has 4 heteroatoms. The molecule has 1 nitrogen and oxygen atoms in total. The molecule has 222 valence electrons. The molecule has 10 rings (SSSR count). The zero-order chi connectivity index (χ0) is 31.1. The molecule has 5 aromatic carbocycles. The van der Waals surface area contributed by atoms with Crippen LogP contribution in [0.15, 0.2) is 170 Å². The second kappa shape index (κ2) is 10.5. The number of allylic oxidation sites excluding steroid dienone is 8. The normalized spacial score (nSPS) is 25.2. The summed E-state index contributed by atoms with van der Waals surface area (Å²) in [5, 5.41) is 2.59. The van der Waals surface area contributed by atoms with Crippen LogP contribution in [0.3, 0.4) is 0 Å². The fraction of sp³-hybridized carbons (Fsp3) is 0.116. The molecule has 1 aromatic heterocycles. The molecule has 0 saturated heterocycles. The molecule has 0 saturated carbocycles. The molecule has 0 radical (unpaired) electrons. The standard InChI is InChI=1S/C43H32B2BrN/c46-45-39-21-9-5-17-35(39)43(36-18-6-10-22-40(36)45)33-15-3-7-19-37(33)44(38-20-8-4-16-34(38)43)29-25-27-30(28-26-29)47-41-23-11-1-13-31(41)32-14-2-12-24-42(32)47/h1-28,33,35,37,39H. The predicted octanol–water partition coefficient (Wildman–Crippen LogP) is 8.52. The number of fused-ring (bicyclic) bond motifs is 11. The molecule has 5 atom stereocenters. The fourth-order valence-corrected chi connectivity index (χ4v) is 10.9. The van der Waals surface area contributed by atoms with Gasteiger partial charge in [-0.3, -0.25) is 0 Å². The predicted molar refractivity (Wildman–Crippen MR) is 205 cm³/mol. The Morgan fingerprint density at radius 3 is 1.70 bits per heavy atom. The van der Waals surface area contributed by atoms with E-state index in [9.17, 15) is 0 Å². The minimum atomic E-state index is -0.172. The van der Waals surface area contributed by atoms with Crippen molar-refractivity contribution < 1.29 is 0 Å². The average Bonchev–Trinajstić information content (AvgIpc) is 3.48. The van der Waals surface area contributed by atoms with Crippen molar-refractivity contribution >= 4 is 66.2 Å². The first kappa shape index (κ1) is 27.6. The Labute approximate surface area is 285 Å². The highest BCUT2D eigenvalue weighted by Crippen LogP contribution is 2.60. The molecule has 2 aliphatic carbocycles. The van der Waals surface area contributed by atoms with E-state index in [1.807, 2.05) is 0 Å². The molecular weight excluding hydrogens is 632 g/mol. The van der Waals surface area contributed by atoms with Crippen LogP contribution in [0.2, 0.25) is 11.6 Å². The molecule has 1 spiro atoms. The lowest BCUT2D eigenvalue weighted by Crippen LogP contribution is -2.65. The molecule has 47 heavy (non-hydrogen) atoms. The Morgan fingerprint density at radius 2 is 1.02 bits per heavy atom. The molecule has 6 aromatic rings. The van der Waals surface area contributed by atoms with E-state index in [4.69, 9.17) is 0 Å². The second-order valence-electron chi connectivity index (χ2n) is 13.6. The first-order valence-electron chi connectivity index (χ1n) is 16.9. The van der Waals surface area contributed by atoms with Crippen molar-refractivity contribution in [1.82, 2.24) is 4.57 Å². The summed E-state index contributed by atoms with van der Waals surface area (Å²) in [6, 6.07) is 45.7. The van der Waals surface area contributed by atoms with Crippen LogP contribution in [0.25, 0.3) is 27.5 Å². The van der Waals surface area contributed by atoms with Crippen LogP contribution in [-0.4, -0.2) is 16.8 Å². The number of para-hydroxylation sites is 2. The van der Waals surface area contributed by atoms with Crippen molar-refractivity contribution in [2.75, 3.05) is 0 Å². The summed E-state index contributed by atoms with van der Waals surface area (Å²) in [4.78, 5) is 0. The molecule has 3 heterocycles. The van der Waals surface area contributed by atoms with E-state index in [1.54, 1.807) is 0 Å². The minimum absolute atomic E-state index is 0.172. The van der Waals surface area contributed by atoms with E-state index < -0.39 is 0 Å². The quantitative estimate of drug-likeness (QED) is 0.164. The third-order valence-electron chi connectivity index (χ3n) is 11.7. The average molecular weight is 664 g/mol. The molecule has 5 unspecified atom stereocenters. The summed E-state index contributed by atoms with van der Waals surface area (Å²) >= 11 is 4.19. The largest absolute Gasteiger partial charge is 0.309 e. The Morgan fingerprint density at radius 1 is 0.511 bits per heavy atom. The molecule has 2 aliphatic heterocycles. The summed E-state index contributed by atoms with van der Waals surface area (Å²) in [5.74, 6) is 1.36. The van der Waals surface area contributed by atoms with Gasteiger partial charge in [0.25, 0.3) is 5.54 Å². The van der Waals surface area contributed by atoms with Crippen LogP contribution < -0.4 is 16.4 Å². The van der Waals surface area contributed by atoms with E-state index in [0.29, 0.717) is 23.5 Å². The van der Waals surface area contributed by atoms with Gasteiger partial charge < -0.3 is 4.57 Å². The zero-order valence-electron chi connectivity index (χ0n) is 26.0. The van der Waals surface area contributed by atoms with Crippen LogP contribution in [0, 0.1) is 11.8 Å². The summed E-state index contributed by atoms with van der Waals surface area (Å²) in [6.45, 7) is 0.255. The second-order valence-corrected chi connectivity index (χ2v) is 14.6. The Bertz CT molecular complexity index is 2270. The van der Waals surface area contributed by atoms with Gasteiger partial charge in [0.2, 0.25) is 6.71 Å². The summed E-state index contributed by atoms with van der Waals surface area (Å²) in [5.41, 5.74) is 11.0. The van der Waals surface area contributed by atoms with Gasteiger partial charge in [0, 0.05) is 21.9 Å². The summed E-state index contributed by atoms with van der Waals surface area (Å²) < 4.78 is 2.42. The topological polar surface area (TPSA) is 4.93 Å². The lowest BCUT2D eigenvalue weighted by molar-refractivity contribution is 0.282. The van der Waals surface area contributed by atoms with Gasteiger partial charge >= 0.3 is 0 Å². The van der Waals surface area contributed by atoms with Gasteiger partial charge in [0.1, 0.15) is 0 Å². The van der Waals surface area contributed by atoms with Gasteiger partial charge in [-0.25, -0.2) is 0 Å². The highest BCUT2D eigenvalue weighted by Gasteiger charge is 2.61. The van der Waals surface area contributed by atoms with E-state index in [0.717, 1.165) is 0 Å². The molecule has 4 aliphatic rings. The molecule has 0 fully saturated rings. The fourth-order valence-electron chi connectivity index (χ4n) is 9.95. The maximum absolute atomic E-state index is 4.19. The number of benzene rings is 5. The van der Waals surface area contributed by atoms with E-state index in [-0.39, 0.29) is 17.7 Å². The van der Waals surface area contributed by atoms with Crippen LogP contribution in [-0.2, 0) is 5.41 Å². The van der Waals surface area contributed by atoms with Crippen LogP contribution in [0.1, 0.15) is 11.1 Å². The van der Waals surface area contributed by atoms with Gasteiger partial charge in [0.15, 0.2) is 0 Å². The molecule has 0 amide bonds. The summed E-state index contributed by atoms with van der Waals surface area (Å²) in [6.07, 6.45) is 19.1. The van der Waals surface area contributed by atoms with E-state index in [2.05, 4.69) is 190 Å². The monoisotopic (exact) mass is 663 g/mol. The van der Waals surface area contributed by atoms with Crippen LogP contribution in [0.4, 0.5) is 0 Å². The maximum Gasteiger partial charge on any atom is 0.262 e. The molecule has 0 bridgehead atoms. The summed E-state index contributed by atoms with van der Waals surface area (Å²) in [7, 11) is 0. The Balaban J connectivity index is 1.18. The highest BCUT2D eigenvalue weighted by atomic mass is 79.9. The van der Waals surface area contributed by atoms with Crippen LogP contribution >= 0.6 is 15.8 Å². The van der Waals surface area contributed by atoms with Crippen LogP contribution in [0.5, 0.6) is 0 Å². The van der Waals surface area contributed by atoms with Crippen molar-refractivity contribution in [3.05, 3.63) is 181 Å². The van der Waals surface area contributed by atoms with E-state index in [1.165, 1.54) is 55.0 Å². The first-order valence-corrected chi connectivity index (χ1v) is 17.8. The van der Waals surface area contributed by atoms with Gasteiger partial charge in [0.05, 0.1) is 11.0 Å². The van der Waals surface area contributed by atoms with Gasteiger partial charge in [-0.1, -0.05) is 162 Å². The molecular formula is C43H32B2BrN. The zero-order valence-corrected chi connectivity index (χ0v) is 27.5.